The summed E-state index contributed by atoms with van der Waals surface area (Å²) in [6, 6.07) is 28.0. The van der Waals surface area contributed by atoms with E-state index < -0.39 is 17.9 Å². The van der Waals surface area contributed by atoms with E-state index in [1.54, 1.807) is 36.5 Å². The van der Waals surface area contributed by atoms with Crippen molar-refractivity contribution in [1.29, 1.82) is 0 Å². The molecule has 0 saturated heterocycles. The molecule has 9 heteroatoms. The Morgan fingerprint density at radius 3 is 2.53 bits per heavy atom. The van der Waals surface area contributed by atoms with E-state index in [1.165, 1.54) is 19.3 Å². The second-order valence-corrected chi connectivity index (χ2v) is 12.3. The van der Waals surface area contributed by atoms with Crippen molar-refractivity contribution in [2.75, 3.05) is 0 Å². The lowest BCUT2D eigenvalue weighted by Crippen LogP contribution is -2.45. The predicted molar refractivity (Wildman–Crippen MR) is 182 cm³/mol. The van der Waals surface area contributed by atoms with E-state index in [1.807, 2.05) is 60.7 Å². The van der Waals surface area contributed by atoms with Crippen molar-refractivity contribution in [3.05, 3.63) is 114 Å². The summed E-state index contributed by atoms with van der Waals surface area (Å²) in [5.41, 5.74) is 11.5. The molecule has 47 heavy (non-hydrogen) atoms. The van der Waals surface area contributed by atoms with Crippen molar-refractivity contribution in [3.8, 4) is 22.9 Å². The molecular formula is C38H37N5O4. The van der Waals surface area contributed by atoms with Crippen LogP contribution in [-0.2, 0) is 17.8 Å². The highest BCUT2D eigenvalue weighted by Gasteiger charge is 2.25. The van der Waals surface area contributed by atoms with E-state index in [9.17, 15) is 14.7 Å². The predicted octanol–water partition coefficient (Wildman–Crippen LogP) is 6.80. The smallest absolute Gasteiger partial charge is 0.252 e. The standard InChI is InChI=1S/C38H37N5O4/c39-36(45)34(20-27-22-40-32-17-14-29(44)21-31(27)32)42-38(46)26-13-18-35-33(19-26)41-37(43(35)28-9-5-2-6-10-28)25-11-15-30(16-12-25)47-23-24-7-3-1-4-8-24/h1,3-4,7-8,11-19,21-22,28,34,40,44H,2,5-6,9-10,20,23H2,(H2,39,45)(H,42,46). The Labute approximate surface area is 272 Å². The molecule has 0 bridgehead atoms. The van der Waals surface area contributed by atoms with Gasteiger partial charge < -0.3 is 30.4 Å². The van der Waals surface area contributed by atoms with Crippen molar-refractivity contribution in [2.45, 2.75) is 57.2 Å². The van der Waals surface area contributed by atoms with Crippen LogP contribution < -0.4 is 15.8 Å². The van der Waals surface area contributed by atoms with Crippen LogP contribution in [0.25, 0.3) is 33.3 Å². The molecule has 7 rings (SSSR count). The molecule has 5 N–H and O–H groups in total. The van der Waals surface area contributed by atoms with Gasteiger partial charge in [0.05, 0.1) is 11.0 Å². The zero-order chi connectivity index (χ0) is 32.3. The van der Waals surface area contributed by atoms with Crippen LogP contribution in [0.3, 0.4) is 0 Å². The molecule has 0 aliphatic heterocycles. The number of carbonyl (C=O) groups is 2. The fraction of sp³-hybridized carbons (Fsp3) is 0.237. The van der Waals surface area contributed by atoms with Crippen LogP contribution in [0, 0.1) is 0 Å². The number of aromatic amines is 1. The first-order chi connectivity index (χ1) is 22.9. The number of rotatable bonds is 10. The molecule has 2 heterocycles. The molecule has 1 aliphatic carbocycles. The summed E-state index contributed by atoms with van der Waals surface area (Å²) in [6.07, 6.45) is 7.66. The largest absolute Gasteiger partial charge is 0.508 e. The van der Waals surface area contributed by atoms with Gasteiger partial charge >= 0.3 is 0 Å². The number of carbonyl (C=O) groups excluding carboxylic acids is 2. The highest BCUT2D eigenvalue weighted by atomic mass is 16.5. The van der Waals surface area contributed by atoms with E-state index in [4.69, 9.17) is 15.5 Å². The fourth-order valence-electron chi connectivity index (χ4n) is 6.61. The van der Waals surface area contributed by atoms with Gasteiger partial charge in [0.15, 0.2) is 0 Å². The van der Waals surface area contributed by atoms with Crippen LogP contribution in [0.1, 0.15) is 59.6 Å². The lowest BCUT2D eigenvalue weighted by molar-refractivity contribution is -0.119. The first-order valence-electron chi connectivity index (χ1n) is 16.1. The number of phenolic OH excluding ortho intramolecular Hbond substituents is 1. The Bertz CT molecular complexity index is 2040. The lowest BCUT2D eigenvalue weighted by Gasteiger charge is -2.25. The van der Waals surface area contributed by atoms with Gasteiger partial charge in [-0.1, -0.05) is 49.6 Å². The minimum absolute atomic E-state index is 0.116. The van der Waals surface area contributed by atoms with E-state index in [-0.39, 0.29) is 12.2 Å². The number of imidazole rings is 1. The number of aromatic hydroxyl groups is 1. The molecule has 1 unspecified atom stereocenters. The third-order valence-electron chi connectivity index (χ3n) is 9.08. The number of nitrogens with zero attached hydrogens (tertiary/aromatic N) is 2. The maximum Gasteiger partial charge on any atom is 0.252 e. The Kier molecular flexibility index (Phi) is 8.35. The third-order valence-corrected chi connectivity index (χ3v) is 9.08. The minimum atomic E-state index is -0.947. The summed E-state index contributed by atoms with van der Waals surface area (Å²) in [7, 11) is 0. The van der Waals surface area contributed by atoms with Gasteiger partial charge in [-0.3, -0.25) is 9.59 Å². The SMILES string of the molecule is NC(=O)C(Cc1c[nH]c2ccc(O)cc12)NC(=O)c1ccc2c(c1)nc(-c1ccc(OCc3ccccc3)cc1)n2C1CCCCC1. The number of hydrogen-bond donors (Lipinski definition) is 4. The van der Waals surface area contributed by atoms with Gasteiger partial charge in [-0.25, -0.2) is 4.98 Å². The van der Waals surface area contributed by atoms with Gasteiger partial charge in [-0.05, 0) is 84.6 Å². The number of fused-ring (bicyclic) bond motifs is 2. The lowest BCUT2D eigenvalue weighted by atomic mass is 9.94. The topological polar surface area (TPSA) is 135 Å². The summed E-state index contributed by atoms with van der Waals surface area (Å²) in [4.78, 5) is 34.1. The van der Waals surface area contributed by atoms with Gasteiger partial charge in [0.1, 0.15) is 30.0 Å². The monoisotopic (exact) mass is 627 g/mol. The van der Waals surface area contributed by atoms with Crippen molar-refractivity contribution >= 4 is 33.8 Å². The highest BCUT2D eigenvalue weighted by molar-refractivity contribution is 6.00. The summed E-state index contributed by atoms with van der Waals surface area (Å²) >= 11 is 0. The molecule has 0 spiro atoms. The second-order valence-electron chi connectivity index (χ2n) is 12.3. The highest BCUT2D eigenvalue weighted by Crippen LogP contribution is 2.36. The number of amides is 2. The molecule has 1 fully saturated rings. The zero-order valence-corrected chi connectivity index (χ0v) is 26.0. The number of primary amides is 1. The Morgan fingerprint density at radius 1 is 0.979 bits per heavy atom. The molecule has 2 amide bonds. The molecule has 0 radical (unpaired) electrons. The molecule has 1 aliphatic rings. The molecule has 1 saturated carbocycles. The summed E-state index contributed by atoms with van der Waals surface area (Å²) in [6.45, 7) is 0.494. The first-order valence-corrected chi connectivity index (χ1v) is 16.1. The maximum absolute atomic E-state index is 13.5. The number of nitrogens with two attached hydrogens (primary N) is 1. The fourth-order valence-corrected chi connectivity index (χ4v) is 6.61. The van der Waals surface area contributed by atoms with E-state index >= 15 is 0 Å². The van der Waals surface area contributed by atoms with E-state index in [2.05, 4.69) is 14.9 Å². The van der Waals surface area contributed by atoms with Crippen LogP contribution in [0.2, 0.25) is 0 Å². The molecule has 4 aromatic carbocycles. The minimum Gasteiger partial charge on any atom is -0.508 e. The average molecular weight is 628 g/mol. The van der Waals surface area contributed by atoms with Gasteiger partial charge in [0.2, 0.25) is 5.91 Å². The van der Waals surface area contributed by atoms with Gasteiger partial charge in [-0.2, -0.15) is 0 Å². The van der Waals surface area contributed by atoms with Crippen LogP contribution in [0.4, 0.5) is 0 Å². The number of H-pyrrole nitrogens is 1. The molecule has 6 aromatic rings. The van der Waals surface area contributed by atoms with Crippen LogP contribution in [0.15, 0.2) is 97.2 Å². The Balaban J connectivity index is 1.15. The normalized spacial score (nSPS) is 14.3. The van der Waals surface area contributed by atoms with Gasteiger partial charge in [0, 0.05) is 40.7 Å². The third kappa shape index (κ3) is 6.42. The molecule has 1 atom stereocenters. The molecular weight excluding hydrogens is 590 g/mol. The second kappa shape index (κ2) is 13.0. The summed E-state index contributed by atoms with van der Waals surface area (Å²) in [5, 5.41) is 13.5. The van der Waals surface area contributed by atoms with Gasteiger partial charge in [-0.15, -0.1) is 0 Å². The maximum atomic E-state index is 13.5. The van der Waals surface area contributed by atoms with E-state index in [0.717, 1.165) is 57.5 Å². The number of aromatic nitrogens is 3. The average Bonchev–Trinajstić information content (AvgIpc) is 3.68. The number of ether oxygens (including phenoxy) is 1. The number of benzene rings is 4. The number of nitrogens with one attached hydrogen (secondary N) is 2. The molecule has 2 aromatic heterocycles. The zero-order valence-electron chi connectivity index (χ0n) is 26.0. The molecule has 9 nitrogen and oxygen atoms in total. The molecule has 238 valence electrons. The quantitative estimate of drug-likeness (QED) is 0.132. The number of phenols is 1. The van der Waals surface area contributed by atoms with Crippen molar-refractivity contribution in [1.82, 2.24) is 19.9 Å². The summed E-state index contributed by atoms with van der Waals surface area (Å²) < 4.78 is 8.35. The van der Waals surface area contributed by atoms with Crippen molar-refractivity contribution < 1.29 is 19.4 Å². The van der Waals surface area contributed by atoms with Crippen LogP contribution >= 0.6 is 0 Å². The van der Waals surface area contributed by atoms with Crippen LogP contribution in [0.5, 0.6) is 11.5 Å². The van der Waals surface area contributed by atoms with Crippen molar-refractivity contribution in [3.63, 3.8) is 0 Å². The van der Waals surface area contributed by atoms with E-state index in [0.29, 0.717) is 23.7 Å². The van der Waals surface area contributed by atoms with Crippen molar-refractivity contribution in [2.24, 2.45) is 5.73 Å². The van der Waals surface area contributed by atoms with Gasteiger partial charge in [0.25, 0.3) is 5.91 Å². The number of hydrogen-bond acceptors (Lipinski definition) is 5. The Morgan fingerprint density at radius 2 is 1.77 bits per heavy atom. The summed E-state index contributed by atoms with van der Waals surface area (Å²) in [5.74, 6) is 0.703. The first kappa shape index (κ1) is 30.1. The van der Waals surface area contributed by atoms with Crippen LogP contribution in [-0.4, -0.2) is 37.5 Å². The Hall–Kier alpha value is -5.57.